The van der Waals surface area contributed by atoms with E-state index in [0.29, 0.717) is 0 Å². The maximum atomic E-state index is 11.0. The van der Waals surface area contributed by atoms with Crippen LogP contribution in [-0.2, 0) is 15.5 Å². The van der Waals surface area contributed by atoms with Crippen molar-refractivity contribution >= 4 is 15.8 Å². The third kappa shape index (κ3) is 2.34. The molecule has 0 saturated carbocycles. The molecular formula is C12H16NNaO3S. The van der Waals surface area contributed by atoms with Crippen LogP contribution >= 0.6 is 0 Å². The van der Waals surface area contributed by atoms with Crippen LogP contribution in [0.15, 0.2) is 23.1 Å². The van der Waals surface area contributed by atoms with E-state index in [1.807, 2.05) is 11.9 Å². The first-order valence-electron chi connectivity index (χ1n) is 5.49. The number of rotatable bonds is 1. The first-order chi connectivity index (χ1) is 7.65. The van der Waals surface area contributed by atoms with Crippen molar-refractivity contribution in [1.29, 1.82) is 0 Å². The molecule has 1 aliphatic heterocycles. The number of likely N-dealkylation sites (N-methyl/N-ethyl adjacent to an activating group) is 1. The summed E-state index contributed by atoms with van der Waals surface area (Å²) in [5, 5.41) is 0. The maximum absolute atomic E-state index is 11.0. The Morgan fingerprint density at radius 1 is 1.33 bits per heavy atom. The molecular weight excluding hydrogens is 261 g/mol. The predicted octanol–water partition coefficient (Wildman–Crippen LogP) is -1.29. The van der Waals surface area contributed by atoms with Gasteiger partial charge in [0, 0.05) is 24.2 Å². The van der Waals surface area contributed by atoms with Gasteiger partial charge in [-0.1, -0.05) is 19.9 Å². The van der Waals surface area contributed by atoms with Gasteiger partial charge in [-0.2, -0.15) is 0 Å². The van der Waals surface area contributed by atoms with E-state index in [2.05, 4.69) is 20.8 Å². The van der Waals surface area contributed by atoms with Gasteiger partial charge in [0.2, 0.25) is 0 Å². The summed E-state index contributed by atoms with van der Waals surface area (Å²) in [6, 6.07) is 4.89. The topological polar surface area (TPSA) is 60.4 Å². The van der Waals surface area contributed by atoms with E-state index in [4.69, 9.17) is 0 Å². The Kier molecular flexibility index (Phi) is 4.26. The van der Waals surface area contributed by atoms with Gasteiger partial charge in [-0.15, -0.1) is 0 Å². The van der Waals surface area contributed by atoms with Crippen LogP contribution in [-0.4, -0.2) is 26.1 Å². The van der Waals surface area contributed by atoms with Crippen molar-refractivity contribution in [2.75, 3.05) is 11.9 Å². The van der Waals surface area contributed by atoms with E-state index < -0.39 is 10.1 Å². The van der Waals surface area contributed by atoms with Gasteiger partial charge in [0.1, 0.15) is 10.1 Å². The van der Waals surface area contributed by atoms with Crippen LogP contribution in [0.4, 0.5) is 5.69 Å². The predicted molar refractivity (Wildman–Crippen MR) is 65.3 cm³/mol. The maximum Gasteiger partial charge on any atom is 1.00 e. The molecule has 0 spiro atoms. The second-order valence-electron chi connectivity index (χ2n) is 5.14. The standard InChI is InChI=1S/C12H17NO3S.Na/c1-8-12(2,3)10-6-5-9(17(14,15)16)7-11(10)13(8)4;/h5-8H,1-4H3,(H,14,15,16);/q;+1/p-1. The minimum atomic E-state index is -4.38. The van der Waals surface area contributed by atoms with Crippen LogP contribution in [0.1, 0.15) is 26.3 Å². The number of fused-ring (bicyclic) bond motifs is 1. The first kappa shape index (κ1) is 16.0. The third-order valence-corrected chi connectivity index (χ3v) is 4.79. The monoisotopic (exact) mass is 277 g/mol. The van der Waals surface area contributed by atoms with Crippen molar-refractivity contribution in [2.24, 2.45) is 0 Å². The Balaban J connectivity index is 0.00000162. The molecule has 1 atom stereocenters. The molecule has 4 nitrogen and oxygen atoms in total. The fourth-order valence-corrected chi connectivity index (χ4v) is 2.91. The minimum Gasteiger partial charge on any atom is -0.744 e. The molecule has 0 aromatic heterocycles. The Morgan fingerprint density at radius 2 is 1.89 bits per heavy atom. The molecule has 0 bridgehead atoms. The van der Waals surface area contributed by atoms with Gasteiger partial charge in [0.25, 0.3) is 0 Å². The Morgan fingerprint density at radius 3 is 2.39 bits per heavy atom. The van der Waals surface area contributed by atoms with Gasteiger partial charge in [-0.25, -0.2) is 8.42 Å². The summed E-state index contributed by atoms with van der Waals surface area (Å²) < 4.78 is 33.0. The summed E-state index contributed by atoms with van der Waals surface area (Å²) in [4.78, 5) is 1.86. The van der Waals surface area contributed by atoms with E-state index in [-0.39, 0.29) is 45.9 Å². The average Bonchev–Trinajstić information content (AvgIpc) is 2.39. The molecule has 6 heteroatoms. The van der Waals surface area contributed by atoms with E-state index >= 15 is 0 Å². The molecule has 0 amide bonds. The molecule has 1 heterocycles. The molecule has 18 heavy (non-hydrogen) atoms. The molecule has 0 radical (unpaired) electrons. The zero-order valence-corrected chi connectivity index (χ0v) is 14.2. The van der Waals surface area contributed by atoms with Crippen molar-refractivity contribution in [3.05, 3.63) is 23.8 Å². The molecule has 0 N–H and O–H groups in total. The third-order valence-electron chi connectivity index (χ3n) is 3.96. The summed E-state index contributed by atoms with van der Waals surface area (Å²) in [5.74, 6) is 0. The molecule has 2 rings (SSSR count). The number of anilines is 1. The Bertz CT molecular complexity index is 569. The fraction of sp³-hybridized carbons (Fsp3) is 0.500. The van der Waals surface area contributed by atoms with Crippen LogP contribution in [0.2, 0.25) is 0 Å². The second-order valence-corrected chi connectivity index (χ2v) is 6.52. The minimum absolute atomic E-state index is 0. The van der Waals surface area contributed by atoms with Crippen LogP contribution in [0, 0.1) is 0 Å². The Hall–Kier alpha value is -0.0700. The molecule has 0 aliphatic carbocycles. The summed E-state index contributed by atoms with van der Waals surface area (Å²) in [6.07, 6.45) is 0. The number of nitrogens with zero attached hydrogens (tertiary/aromatic N) is 1. The van der Waals surface area contributed by atoms with Gasteiger partial charge in [0.15, 0.2) is 0 Å². The number of hydrogen-bond acceptors (Lipinski definition) is 4. The average molecular weight is 277 g/mol. The second kappa shape index (κ2) is 4.80. The largest absolute Gasteiger partial charge is 1.00 e. The van der Waals surface area contributed by atoms with Crippen molar-refractivity contribution in [3.63, 3.8) is 0 Å². The van der Waals surface area contributed by atoms with Gasteiger partial charge < -0.3 is 9.45 Å². The van der Waals surface area contributed by atoms with E-state index in [1.165, 1.54) is 12.1 Å². The van der Waals surface area contributed by atoms with Crippen LogP contribution in [0.3, 0.4) is 0 Å². The van der Waals surface area contributed by atoms with E-state index in [1.54, 1.807) is 6.07 Å². The molecule has 1 aliphatic rings. The Labute approximate surface area is 130 Å². The van der Waals surface area contributed by atoms with Crippen LogP contribution in [0.25, 0.3) is 0 Å². The van der Waals surface area contributed by atoms with Gasteiger partial charge in [0.05, 0.1) is 4.90 Å². The summed E-state index contributed by atoms with van der Waals surface area (Å²) in [7, 11) is -2.46. The zero-order valence-electron chi connectivity index (χ0n) is 11.4. The molecule has 1 aromatic rings. The summed E-state index contributed by atoms with van der Waals surface area (Å²) in [5.41, 5.74) is 1.87. The van der Waals surface area contributed by atoms with Crippen molar-refractivity contribution in [3.8, 4) is 0 Å². The SMILES string of the molecule is CC1N(C)c2cc(S(=O)(=O)[O-])ccc2C1(C)C.[Na+]. The van der Waals surface area contributed by atoms with Crippen molar-refractivity contribution < 1.29 is 42.5 Å². The van der Waals surface area contributed by atoms with E-state index in [9.17, 15) is 13.0 Å². The molecule has 94 valence electrons. The van der Waals surface area contributed by atoms with Crippen LogP contribution < -0.4 is 34.5 Å². The number of hydrogen-bond donors (Lipinski definition) is 0. The zero-order chi connectivity index (χ0) is 13.0. The normalized spacial score (nSPS) is 21.4. The summed E-state index contributed by atoms with van der Waals surface area (Å²) in [6.45, 7) is 6.32. The van der Waals surface area contributed by atoms with Gasteiger partial charge in [-0.05, 0) is 24.6 Å². The molecule has 1 aromatic carbocycles. The molecule has 0 fully saturated rings. The van der Waals surface area contributed by atoms with Gasteiger partial charge in [-0.3, -0.25) is 0 Å². The number of benzene rings is 1. The first-order valence-corrected chi connectivity index (χ1v) is 6.90. The van der Waals surface area contributed by atoms with Crippen LogP contribution in [0.5, 0.6) is 0 Å². The summed E-state index contributed by atoms with van der Waals surface area (Å²) >= 11 is 0. The van der Waals surface area contributed by atoms with Crippen molar-refractivity contribution in [1.82, 2.24) is 0 Å². The molecule has 0 saturated heterocycles. The van der Waals surface area contributed by atoms with Gasteiger partial charge >= 0.3 is 29.6 Å². The quantitative estimate of drug-likeness (QED) is 0.473. The smallest absolute Gasteiger partial charge is 0.744 e. The molecule has 1 unspecified atom stereocenters. The fourth-order valence-electron chi connectivity index (χ4n) is 2.42. The van der Waals surface area contributed by atoms with Crippen molar-refractivity contribution in [2.45, 2.75) is 37.1 Å². The van der Waals surface area contributed by atoms with E-state index in [0.717, 1.165) is 11.3 Å².